The maximum absolute atomic E-state index is 12.4. The number of carbonyl (C=O) groups is 2. The third-order valence-electron chi connectivity index (χ3n) is 2.86. The van der Waals surface area contributed by atoms with Crippen molar-refractivity contribution in [3.63, 3.8) is 0 Å². The van der Waals surface area contributed by atoms with E-state index < -0.39 is 36.7 Å². The van der Waals surface area contributed by atoms with Crippen molar-refractivity contribution in [3.05, 3.63) is 12.2 Å². The molecule has 0 heterocycles. The van der Waals surface area contributed by atoms with Crippen molar-refractivity contribution >= 4 is 12.0 Å². The molecule has 2 unspecified atom stereocenters. The summed E-state index contributed by atoms with van der Waals surface area (Å²) in [6.45, 7) is 0.349. The molecule has 1 aliphatic carbocycles. The summed E-state index contributed by atoms with van der Waals surface area (Å²) in [7, 11) is 0. The lowest BCUT2D eigenvalue weighted by Crippen LogP contribution is -2.47. The molecule has 20 heavy (non-hydrogen) atoms. The fourth-order valence-electron chi connectivity index (χ4n) is 1.98. The lowest BCUT2D eigenvalue weighted by molar-refractivity contribution is -0.140. The van der Waals surface area contributed by atoms with Crippen LogP contribution in [0.15, 0.2) is 12.2 Å². The largest absolute Gasteiger partial charge is 0.481 e. The lowest BCUT2D eigenvalue weighted by Gasteiger charge is -2.25. The number of rotatable bonds is 5. The molecule has 0 aromatic rings. The summed E-state index contributed by atoms with van der Waals surface area (Å²) in [6, 6.07) is -1.37. The second kappa shape index (κ2) is 6.62. The Balaban J connectivity index is 2.55. The molecule has 0 aromatic carbocycles. The van der Waals surface area contributed by atoms with Crippen molar-refractivity contribution in [2.75, 3.05) is 13.1 Å². The molecule has 0 spiro atoms. The fraction of sp³-hybridized carbons (Fsp3) is 0.667. The number of carboxylic acids is 1. The molecular weight excluding hydrogens is 277 g/mol. The summed E-state index contributed by atoms with van der Waals surface area (Å²) in [5, 5.41) is 11.2. The van der Waals surface area contributed by atoms with Crippen LogP contribution in [0.25, 0.3) is 0 Å². The number of nitrogens with zero attached hydrogens (tertiary/aromatic N) is 1. The van der Waals surface area contributed by atoms with Gasteiger partial charge in [0.05, 0.1) is 12.0 Å². The monoisotopic (exact) mass is 294 g/mol. The van der Waals surface area contributed by atoms with Gasteiger partial charge in [0.15, 0.2) is 0 Å². The van der Waals surface area contributed by atoms with Crippen LogP contribution in [0.3, 0.4) is 0 Å². The second-order valence-corrected chi connectivity index (χ2v) is 4.66. The Morgan fingerprint density at radius 3 is 2.50 bits per heavy atom. The average molecular weight is 294 g/mol. The van der Waals surface area contributed by atoms with Gasteiger partial charge in [-0.2, -0.15) is 13.2 Å². The minimum Gasteiger partial charge on any atom is -0.481 e. The van der Waals surface area contributed by atoms with Crippen LogP contribution in [-0.4, -0.2) is 47.3 Å². The molecule has 2 amide bonds. The van der Waals surface area contributed by atoms with Crippen LogP contribution in [0.1, 0.15) is 19.8 Å². The van der Waals surface area contributed by atoms with Crippen molar-refractivity contribution in [1.29, 1.82) is 0 Å². The van der Waals surface area contributed by atoms with Gasteiger partial charge in [-0.3, -0.25) is 4.79 Å². The fourth-order valence-corrected chi connectivity index (χ4v) is 1.98. The van der Waals surface area contributed by atoms with Crippen LogP contribution in [-0.2, 0) is 4.79 Å². The van der Waals surface area contributed by atoms with Crippen LogP contribution in [0.2, 0.25) is 0 Å². The first-order valence-electron chi connectivity index (χ1n) is 6.26. The van der Waals surface area contributed by atoms with Crippen LogP contribution in [0.5, 0.6) is 0 Å². The first-order chi connectivity index (χ1) is 9.23. The van der Waals surface area contributed by atoms with E-state index in [0.717, 1.165) is 0 Å². The molecule has 0 radical (unpaired) electrons. The van der Waals surface area contributed by atoms with Crippen molar-refractivity contribution < 1.29 is 27.9 Å². The van der Waals surface area contributed by atoms with E-state index >= 15 is 0 Å². The van der Waals surface area contributed by atoms with Gasteiger partial charge < -0.3 is 15.3 Å². The molecule has 1 rings (SSSR count). The first-order valence-corrected chi connectivity index (χ1v) is 6.26. The van der Waals surface area contributed by atoms with E-state index in [1.54, 1.807) is 6.92 Å². The Morgan fingerprint density at radius 1 is 1.40 bits per heavy atom. The molecule has 8 heteroatoms. The number of alkyl halides is 3. The number of carboxylic acid groups (broad SMARTS) is 1. The number of aliphatic carboxylic acids is 1. The zero-order chi connectivity index (χ0) is 15.3. The van der Waals surface area contributed by atoms with E-state index in [-0.39, 0.29) is 13.0 Å². The molecule has 0 aromatic heterocycles. The van der Waals surface area contributed by atoms with Gasteiger partial charge in [-0.1, -0.05) is 19.1 Å². The summed E-state index contributed by atoms with van der Waals surface area (Å²) < 4.78 is 37.1. The first kappa shape index (κ1) is 16.3. The molecule has 0 saturated heterocycles. The topological polar surface area (TPSA) is 69.6 Å². The highest BCUT2D eigenvalue weighted by Gasteiger charge is 2.34. The molecule has 0 saturated carbocycles. The lowest BCUT2D eigenvalue weighted by atomic mass is 10.1. The number of urea groups is 1. The molecule has 0 aliphatic heterocycles. The predicted octanol–water partition coefficient (Wildman–Crippen LogP) is 2.00. The Morgan fingerprint density at radius 2 is 2.05 bits per heavy atom. The molecular formula is C12H17F3N2O3. The van der Waals surface area contributed by atoms with Crippen LogP contribution < -0.4 is 5.32 Å². The molecule has 2 N–H and O–H groups in total. The maximum atomic E-state index is 12.4. The molecule has 114 valence electrons. The highest BCUT2D eigenvalue weighted by atomic mass is 19.4. The smallest absolute Gasteiger partial charge is 0.406 e. The minimum atomic E-state index is -4.46. The molecule has 2 atom stereocenters. The van der Waals surface area contributed by atoms with Crippen molar-refractivity contribution in [1.82, 2.24) is 10.2 Å². The third kappa shape index (κ3) is 5.10. The zero-order valence-corrected chi connectivity index (χ0v) is 11.0. The highest BCUT2D eigenvalue weighted by Crippen LogP contribution is 2.20. The van der Waals surface area contributed by atoms with E-state index in [1.165, 1.54) is 12.2 Å². The summed E-state index contributed by atoms with van der Waals surface area (Å²) in [5.74, 6) is -1.72. The Bertz CT molecular complexity index is 396. The Kier molecular flexibility index (Phi) is 5.41. The van der Waals surface area contributed by atoms with Gasteiger partial charge in [-0.15, -0.1) is 0 Å². The third-order valence-corrected chi connectivity index (χ3v) is 2.86. The molecule has 0 bridgehead atoms. The Labute approximate surface area is 114 Å². The number of nitrogens with one attached hydrogen (secondary N) is 1. The molecule has 5 nitrogen and oxygen atoms in total. The van der Waals surface area contributed by atoms with E-state index in [4.69, 9.17) is 5.11 Å². The summed E-state index contributed by atoms with van der Waals surface area (Å²) in [6.07, 6.45) is -0.966. The summed E-state index contributed by atoms with van der Waals surface area (Å²) >= 11 is 0. The average Bonchev–Trinajstić information content (AvgIpc) is 2.75. The standard InChI is InChI=1S/C12H17F3N2O3/c1-2-5-17(7-12(13,14)15)11(20)16-9-4-3-8(6-9)10(18)19/h3-4,8-9H,2,5-7H2,1H3,(H,16,20)(H,18,19). The van der Waals surface area contributed by atoms with Crippen molar-refractivity contribution in [2.45, 2.75) is 32.0 Å². The van der Waals surface area contributed by atoms with Crippen LogP contribution in [0.4, 0.5) is 18.0 Å². The highest BCUT2D eigenvalue weighted by molar-refractivity contribution is 5.76. The number of hydrogen-bond donors (Lipinski definition) is 2. The van der Waals surface area contributed by atoms with E-state index in [9.17, 15) is 22.8 Å². The van der Waals surface area contributed by atoms with Gasteiger partial charge >= 0.3 is 18.2 Å². The van der Waals surface area contributed by atoms with Crippen LogP contribution in [0, 0.1) is 5.92 Å². The number of carbonyl (C=O) groups excluding carboxylic acids is 1. The number of amides is 2. The van der Waals surface area contributed by atoms with Gasteiger partial charge in [0.2, 0.25) is 0 Å². The van der Waals surface area contributed by atoms with Crippen molar-refractivity contribution in [3.8, 4) is 0 Å². The SMILES string of the molecule is CCCN(CC(F)(F)F)C(=O)NC1C=CC(C(=O)O)C1. The summed E-state index contributed by atoms with van der Waals surface area (Å²) in [5.41, 5.74) is 0. The van der Waals surface area contributed by atoms with Gasteiger partial charge in [-0.05, 0) is 12.8 Å². The number of hydrogen-bond acceptors (Lipinski definition) is 2. The quantitative estimate of drug-likeness (QED) is 0.762. The van der Waals surface area contributed by atoms with E-state index in [2.05, 4.69) is 5.32 Å². The predicted molar refractivity (Wildman–Crippen MR) is 65.1 cm³/mol. The molecule has 0 fully saturated rings. The minimum absolute atomic E-state index is 0.00978. The van der Waals surface area contributed by atoms with Gasteiger partial charge in [-0.25, -0.2) is 4.79 Å². The van der Waals surface area contributed by atoms with Crippen LogP contribution >= 0.6 is 0 Å². The van der Waals surface area contributed by atoms with Crippen molar-refractivity contribution in [2.24, 2.45) is 5.92 Å². The van der Waals surface area contributed by atoms with Gasteiger partial charge in [0.1, 0.15) is 6.54 Å². The van der Waals surface area contributed by atoms with Gasteiger partial charge in [0.25, 0.3) is 0 Å². The van der Waals surface area contributed by atoms with E-state index in [0.29, 0.717) is 11.3 Å². The normalized spacial score (nSPS) is 21.8. The molecule has 1 aliphatic rings. The Hall–Kier alpha value is -1.73. The van der Waals surface area contributed by atoms with Gasteiger partial charge in [0, 0.05) is 6.54 Å². The maximum Gasteiger partial charge on any atom is 0.406 e. The number of halogens is 3. The van der Waals surface area contributed by atoms with E-state index in [1.807, 2.05) is 0 Å². The summed E-state index contributed by atoms with van der Waals surface area (Å²) in [4.78, 5) is 23.2. The zero-order valence-electron chi connectivity index (χ0n) is 11.0. The second-order valence-electron chi connectivity index (χ2n) is 4.66.